The fraction of sp³-hybridized carbons (Fsp3) is 0.667. The van der Waals surface area contributed by atoms with E-state index in [9.17, 15) is 0 Å². The molecule has 1 aromatic heterocycles. The van der Waals surface area contributed by atoms with Crippen molar-refractivity contribution in [1.82, 2.24) is 14.9 Å². The van der Waals surface area contributed by atoms with Gasteiger partial charge in [-0.3, -0.25) is 0 Å². The van der Waals surface area contributed by atoms with Gasteiger partial charge in [0.25, 0.3) is 0 Å². The minimum atomic E-state index is 0.219. The van der Waals surface area contributed by atoms with Gasteiger partial charge in [0.1, 0.15) is 5.82 Å². The summed E-state index contributed by atoms with van der Waals surface area (Å²) in [7, 11) is 3.93. The first kappa shape index (κ1) is 13.0. The van der Waals surface area contributed by atoms with Crippen molar-refractivity contribution in [2.24, 2.45) is 0 Å². The molecule has 1 saturated heterocycles. The second-order valence-corrected chi connectivity index (χ2v) is 4.60. The molecule has 0 aliphatic carbocycles. The summed E-state index contributed by atoms with van der Waals surface area (Å²) in [5.74, 6) is 1.47. The van der Waals surface area contributed by atoms with Gasteiger partial charge in [-0.05, 0) is 14.0 Å². The number of hydrogen-bond acceptors (Lipinski definition) is 6. The highest BCUT2D eigenvalue weighted by Crippen LogP contribution is 2.10. The van der Waals surface area contributed by atoms with Crippen LogP contribution in [0, 0.1) is 6.92 Å². The maximum Gasteiger partial charge on any atom is 0.224 e. The zero-order valence-electron chi connectivity index (χ0n) is 11.2. The van der Waals surface area contributed by atoms with Crippen molar-refractivity contribution >= 4 is 11.8 Å². The summed E-state index contributed by atoms with van der Waals surface area (Å²) in [6.07, 6.45) is 0.219. The summed E-state index contributed by atoms with van der Waals surface area (Å²) in [6, 6.07) is 1.94. The molecule has 1 aromatic rings. The zero-order chi connectivity index (χ0) is 13.0. The Morgan fingerprint density at radius 1 is 1.50 bits per heavy atom. The molecule has 0 saturated carbocycles. The third-order valence-corrected chi connectivity index (χ3v) is 2.93. The van der Waals surface area contributed by atoms with Crippen molar-refractivity contribution in [2.45, 2.75) is 13.0 Å². The number of aromatic nitrogens is 2. The van der Waals surface area contributed by atoms with Gasteiger partial charge in [-0.15, -0.1) is 0 Å². The molecule has 6 nitrogen and oxygen atoms in total. The van der Waals surface area contributed by atoms with Gasteiger partial charge in [0.2, 0.25) is 5.95 Å². The molecule has 0 aromatic carbocycles. The molecule has 2 N–H and O–H groups in total. The van der Waals surface area contributed by atoms with Crippen LogP contribution in [0.3, 0.4) is 0 Å². The Balaban J connectivity index is 1.91. The van der Waals surface area contributed by atoms with Gasteiger partial charge in [0.05, 0.1) is 12.7 Å². The zero-order valence-corrected chi connectivity index (χ0v) is 11.2. The molecular formula is C12H21N5O. The molecule has 2 rings (SSSR count). The summed E-state index contributed by atoms with van der Waals surface area (Å²) >= 11 is 0. The first-order chi connectivity index (χ1) is 8.67. The number of hydrogen-bond donors (Lipinski definition) is 2. The van der Waals surface area contributed by atoms with Gasteiger partial charge in [-0.1, -0.05) is 0 Å². The lowest BCUT2D eigenvalue weighted by Gasteiger charge is -2.30. The van der Waals surface area contributed by atoms with E-state index < -0.39 is 0 Å². The summed E-state index contributed by atoms with van der Waals surface area (Å²) < 4.78 is 5.69. The molecule has 1 aliphatic heterocycles. The van der Waals surface area contributed by atoms with Gasteiger partial charge in [-0.2, -0.15) is 4.98 Å². The maximum atomic E-state index is 5.69. The predicted molar refractivity (Wildman–Crippen MR) is 72.0 cm³/mol. The topological polar surface area (TPSA) is 62.3 Å². The number of nitrogens with zero attached hydrogens (tertiary/aromatic N) is 3. The van der Waals surface area contributed by atoms with Crippen molar-refractivity contribution in [1.29, 1.82) is 0 Å². The van der Waals surface area contributed by atoms with E-state index >= 15 is 0 Å². The van der Waals surface area contributed by atoms with E-state index in [0.717, 1.165) is 37.8 Å². The van der Waals surface area contributed by atoms with E-state index in [-0.39, 0.29) is 6.10 Å². The van der Waals surface area contributed by atoms with Crippen molar-refractivity contribution in [3.05, 3.63) is 11.8 Å². The lowest BCUT2D eigenvalue weighted by Crippen LogP contribution is -2.43. The van der Waals surface area contributed by atoms with E-state index in [1.54, 1.807) is 0 Å². The SMILES string of the molecule is CNc1nc(C)cc(NCC2CN(C)CCO2)n1. The summed E-state index contributed by atoms with van der Waals surface area (Å²) in [6.45, 7) is 5.49. The average molecular weight is 251 g/mol. The molecule has 0 bridgehead atoms. The molecule has 1 atom stereocenters. The minimum absolute atomic E-state index is 0.219. The van der Waals surface area contributed by atoms with Gasteiger partial charge >= 0.3 is 0 Å². The molecule has 0 amide bonds. The molecule has 1 unspecified atom stereocenters. The third-order valence-electron chi connectivity index (χ3n) is 2.93. The molecule has 18 heavy (non-hydrogen) atoms. The second-order valence-electron chi connectivity index (χ2n) is 4.60. The van der Waals surface area contributed by atoms with Gasteiger partial charge in [-0.25, -0.2) is 4.98 Å². The molecule has 1 fully saturated rings. The van der Waals surface area contributed by atoms with Crippen LogP contribution >= 0.6 is 0 Å². The van der Waals surface area contributed by atoms with E-state index in [0.29, 0.717) is 5.95 Å². The monoisotopic (exact) mass is 251 g/mol. The first-order valence-electron chi connectivity index (χ1n) is 6.25. The van der Waals surface area contributed by atoms with Crippen LogP contribution in [0.2, 0.25) is 0 Å². The number of nitrogens with one attached hydrogen (secondary N) is 2. The Morgan fingerprint density at radius 2 is 2.33 bits per heavy atom. The van der Waals surface area contributed by atoms with E-state index in [2.05, 4.69) is 32.5 Å². The number of ether oxygens (including phenoxy) is 1. The quantitative estimate of drug-likeness (QED) is 0.816. The highest BCUT2D eigenvalue weighted by Gasteiger charge is 2.17. The summed E-state index contributed by atoms with van der Waals surface area (Å²) in [4.78, 5) is 10.9. The largest absolute Gasteiger partial charge is 0.374 e. The highest BCUT2D eigenvalue weighted by molar-refractivity contribution is 5.41. The first-order valence-corrected chi connectivity index (χ1v) is 6.25. The van der Waals surface area contributed by atoms with Crippen molar-refractivity contribution in [3.63, 3.8) is 0 Å². The van der Waals surface area contributed by atoms with Crippen LogP contribution in [0.1, 0.15) is 5.69 Å². The van der Waals surface area contributed by atoms with Crippen molar-refractivity contribution in [3.8, 4) is 0 Å². The van der Waals surface area contributed by atoms with E-state index in [1.807, 2.05) is 20.0 Å². The number of likely N-dealkylation sites (N-methyl/N-ethyl adjacent to an activating group) is 1. The van der Waals surface area contributed by atoms with E-state index in [1.165, 1.54) is 0 Å². The lowest BCUT2D eigenvalue weighted by molar-refractivity contribution is -0.0117. The molecule has 100 valence electrons. The smallest absolute Gasteiger partial charge is 0.224 e. The third kappa shape index (κ3) is 3.54. The van der Waals surface area contributed by atoms with Gasteiger partial charge in [0.15, 0.2) is 0 Å². The average Bonchev–Trinajstić information content (AvgIpc) is 2.36. The van der Waals surface area contributed by atoms with Crippen LogP contribution in [-0.4, -0.2) is 61.3 Å². The van der Waals surface area contributed by atoms with E-state index in [4.69, 9.17) is 4.74 Å². The lowest BCUT2D eigenvalue weighted by atomic mass is 10.3. The van der Waals surface area contributed by atoms with Crippen LogP contribution in [0.15, 0.2) is 6.07 Å². The standard InChI is InChI=1S/C12H21N5O/c1-9-6-11(16-12(13-2)15-9)14-7-10-8-17(3)4-5-18-10/h6,10H,4-5,7-8H2,1-3H3,(H2,13,14,15,16). The highest BCUT2D eigenvalue weighted by atomic mass is 16.5. The molecule has 6 heteroatoms. The molecular weight excluding hydrogens is 230 g/mol. The molecule has 0 spiro atoms. The minimum Gasteiger partial charge on any atom is -0.374 e. The van der Waals surface area contributed by atoms with Crippen LogP contribution in [0.4, 0.5) is 11.8 Å². The fourth-order valence-electron chi connectivity index (χ4n) is 1.98. The van der Waals surface area contributed by atoms with Crippen molar-refractivity contribution in [2.75, 3.05) is 51.0 Å². The number of rotatable bonds is 4. The number of morpholine rings is 1. The van der Waals surface area contributed by atoms with Crippen LogP contribution < -0.4 is 10.6 Å². The molecule has 2 heterocycles. The normalized spacial score (nSPS) is 20.7. The Hall–Kier alpha value is -1.40. The Labute approximate surface area is 108 Å². The Morgan fingerprint density at radius 3 is 3.06 bits per heavy atom. The molecule has 1 aliphatic rings. The summed E-state index contributed by atoms with van der Waals surface area (Å²) in [5, 5.41) is 6.26. The maximum absolute atomic E-state index is 5.69. The van der Waals surface area contributed by atoms with Gasteiger partial charge < -0.3 is 20.3 Å². The summed E-state index contributed by atoms with van der Waals surface area (Å²) in [5.41, 5.74) is 0.943. The van der Waals surface area contributed by atoms with Crippen molar-refractivity contribution < 1.29 is 4.74 Å². The van der Waals surface area contributed by atoms with Crippen LogP contribution in [-0.2, 0) is 4.74 Å². The molecule has 0 radical (unpaired) electrons. The number of anilines is 2. The predicted octanol–water partition coefficient (Wildman–Crippen LogP) is 0.569. The fourth-order valence-corrected chi connectivity index (χ4v) is 1.98. The Kier molecular flexibility index (Phi) is 4.33. The van der Waals surface area contributed by atoms with Crippen LogP contribution in [0.5, 0.6) is 0 Å². The van der Waals surface area contributed by atoms with Crippen LogP contribution in [0.25, 0.3) is 0 Å². The van der Waals surface area contributed by atoms with Gasteiger partial charge in [0, 0.05) is 38.4 Å². The number of aryl methyl sites for hydroxylation is 1. The Bertz CT molecular complexity index is 398. The second kappa shape index (κ2) is 5.97.